The predicted molar refractivity (Wildman–Crippen MR) is 87.8 cm³/mol. The summed E-state index contributed by atoms with van der Waals surface area (Å²) < 4.78 is 10.8. The van der Waals surface area contributed by atoms with Crippen LogP contribution < -0.4 is 9.47 Å². The van der Waals surface area contributed by atoms with Crippen LogP contribution >= 0.6 is 0 Å². The topological polar surface area (TPSA) is 60.0 Å². The molecule has 0 aliphatic heterocycles. The summed E-state index contributed by atoms with van der Waals surface area (Å²) in [7, 11) is 3.32. The number of hydrogen-bond donors (Lipinski definition) is 1. The number of H-pyrrole nitrogens is 1. The molecule has 1 aliphatic rings. The average molecular weight is 307 g/mol. The van der Waals surface area contributed by atoms with Gasteiger partial charge in [0, 0.05) is 29.1 Å². The zero-order valence-corrected chi connectivity index (χ0v) is 13.1. The van der Waals surface area contributed by atoms with Gasteiger partial charge in [0.25, 0.3) is 0 Å². The quantitative estimate of drug-likeness (QED) is 0.807. The van der Waals surface area contributed by atoms with Gasteiger partial charge in [0.2, 0.25) is 0 Å². The fourth-order valence-corrected chi connectivity index (χ4v) is 3.20. The van der Waals surface area contributed by atoms with E-state index in [1.165, 1.54) is 11.1 Å². The summed E-state index contributed by atoms with van der Waals surface area (Å²) in [5.41, 5.74) is 6.79. The molecule has 0 fully saturated rings. The van der Waals surface area contributed by atoms with Gasteiger partial charge in [0.05, 0.1) is 25.6 Å². The number of pyridine rings is 1. The summed E-state index contributed by atoms with van der Waals surface area (Å²) >= 11 is 0. The van der Waals surface area contributed by atoms with Gasteiger partial charge in [-0.2, -0.15) is 5.10 Å². The molecule has 23 heavy (non-hydrogen) atoms. The number of nitrogens with one attached hydrogen (secondary N) is 1. The van der Waals surface area contributed by atoms with Gasteiger partial charge in [-0.1, -0.05) is 0 Å². The molecule has 3 aromatic rings. The van der Waals surface area contributed by atoms with Crippen molar-refractivity contribution in [3.05, 3.63) is 47.8 Å². The number of nitrogens with zero attached hydrogens (tertiary/aromatic N) is 2. The molecule has 5 heteroatoms. The van der Waals surface area contributed by atoms with Gasteiger partial charge in [-0.05, 0) is 42.7 Å². The molecular weight excluding hydrogens is 290 g/mol. The van der Waals surface area contributed by atoms with E-state index in [1.54, 1.807) is 26.6 Å². The van der Waals surface area contributed by atoms with Crippen LogP contribution in [-0.4, -0.2) is 29.4 Å². The predicted octanol–water partition coefficient (Wildman–Crippen LogP) is 3.25. The normalized spacial score (nSPS) is 12.4. The highest BCUT2D eigenvalue weighted by Crippen LogP contribution is 2.41. The van der Waals surface area contributed by atoms with Crippen LogP contribution in [0.15, 0.2) is 36.7 Å². The third-order valence-electron chi connectivity index (χ3n) is 4.34. The molecule has 5 nitrogen and oxygen atoms in total. The molecule has 2 aromatic heterocycles. The smallest absolute Gasteiger partial charge is 0.161 e. The summed E-state index contributed by atoms with van der Waals surface area (Å²) in [5.74, 6) is 1.50. The van der Waals surface area contributed by atoms with Crippen molar-refractivity contribution in [2.24, 2.45) is 0 Å². The Morgan fingerprint density at radius 1 is 1.00 bits per heavy atom. The van der Waals surface area contributed by atoms with E-state index in [0.717, 1.165) is 46.9 Å². The lowest BCUT2D eigenvalue weighted by Gasteiger charge is -2.19. The van der Waals surface area contributed by atoms with Crippen LogP contribution in [0.3, 0.4) is 0 Å². The fourth-order valence-electron chi connectivity index (χ4n) is 3.20. The maximum Gasteiger partial charge on any atom is 0.161 e. The lowest BCUT2D eigenvalue weighted by molar-refractivity contribution is 0.354. The molecule has 0 unspecified atom stereocenters. The van der Waals surface area contributed by atoms with Crippen LogP contribution in [0.2, 0.25) is 0 Å². The van der Waals surface area contributed by atoms with Crippen molar-refractivity contribution in [1.29, 1.82) is 0 Å². The van der Waals surface area contributed by atoms with E-state index in [9.17, 15) is 0 Å². The standard InChI is InChI=1S/C18H17N3O2/c1-22-15-9-12-3-4-13-17(11-5-7-19-8-6-11)20-21-18(13)14(12)10-16(15)23-2/h5-10H,3-4H2,1-2H3,(H,20,21). The first-order valence-corrected chi connectivity index (χ1v) is 7.54. The van der Waals surface area contributed by atoms with Crippen LogP contribution in [0.25, 0.3) is 22.5 Å². The summed E-state index contributed by atoms with van der Waals surface area (Å²) in [6, 6.07) is 8.06. The minimum Gasteiger partial charge on any atom is -0.493 e. The number of benzene rings is 1. The van der Waals surface area contributed by atoms with Gasteiger partial charge < -0.3 is 9.47 Å². The Labute approximate surface area is 134 Å². The van der Waals surface area contributed by atoms with Gasteiger partial charge in [0.1, 0.15) is 0 Å². The van der Waals surface area contributed by atoms with Crippen LogP contribution in [0.5, 0.6) is 11.5 Å². The van der Waals surface area contributed by atoms with Gasteiger partial charge in [-0.15, -0.1) is 0 Å². The Kier molecular flexibility index (Phi) is 3.26. The maximum atomic E-state index is 5.44. The number of aryl methyl sites for hydroxylation is 1. The number of methoxy groups -OCH3 is 2. The third kappa shape index (κ3) is 2.16. The fraction of sp³-hybridized carbons (Fsp3) is 0.222. The first-order chi connectivity index (χ1) is 11.3. The highest BCUT2D eigenvalue weighted by molar-refractivity contribution is 5.79. The number of aromatic amines is 1. The van der Waals surface area contributed by atoms with Gasteiger partial charge in [-0.25, -0.2) is 0 Å². The van der Waals surface area contributed by atoms with Crippen molar-refractivity contribution in [1.82, 2.24) is 15.2 Å². The van der Waals surface area contributed by atoms with E-state index in [1.807, 2.05) is 18.2 Å². The summed E-state index contributed by atoms with van der Waals surface area (Å²) in [6.45, 7) is 0. The second kappa shape index (κ2) is 5.43. The van der Waals surface area contributed by atoms with Crippen LogP contribution in [0.4, 0.5) is 0 Å². The molecule has 0 saturated carbocycles. The minimum atomic E-state index is 0.735. The number of fused-ring (bicyclic) bond motifs is 3. The number of rotatable bonds is 3. The summed E-state index contributed by atoms with van der Waals surface area (Å²) in [6.07, 6.45) is 5.49. The van der Waals surface area contributed by atoms with E-state index in [-0.39, 0.29) is 0 Å². The molecule has 0 bridgehead atoms. The second-order valence-electron chi connectivity index (χ2n) is 5.53. The third-order valence-corrected chi connectivity index (χ3v) is 4.34. The lowest BCUT2D eigenvalue weighted by Crippen LogP contribution is -2.05. The van der Waals surface area contributed by atoms with E-state index < -0.39 is 0 Å². The zero-order chi connectivity index (χ0) is 15.8. The second-order valence-corrected chi connectivity index (χ2v) is 5.53. The van der Waals surface area contributed by atoms with E-state index in [0.29, 0.717) is 0 Å². The molecule has 0 radical (unpaired) electrons. The van der Waals surface area contributed by atoms with Gasteiger partial charge in [-0.3, -0.25) is 10.1 Å². The molecule has 1 aromatic carbocycles. The first-order valence-electron chi connectivity index (χ1n) is 7.54. The minimum absolute atomic E-state index is 0.735. The van der Waals surface area contributed by atoms with Crippen molar-refractivity contribution >= 4 is 0 Å². The van der Waals surface area contributed by atoms with Crippen molar-refractivity contribution in [3.8, 4) is 34.0 Å². The maximum absolute atomic E-state index is 5.44. The molecule has 2 heterocycles. The number of hydrogen-bond acceptors (Lipinski definition) is 4. The zero-order valence-electron chi connectivity index (χ0n) is 13.1. The van der Waals surface area contributed by atoms with E-state index >= 15 is 0 Å². The number of ether oxygens (including phenoxy) is 2. The van der Waals surface area contributed by atoms with Gasteiger partial charge in [0.15, 0.2) is 11.5 Å². The molecule has 4 rings (SSSR count). The molecule has 116 valence electrons. The Balaban J connectivity index is 1.87. The molecule has 1 aliphatic carbocycles. The van der Waals surface area contributed by atoms with Crippen molar-refractivity contribution in [2.45, 2.75) is 12.8 Å². The van der Waals surface area contributed by atoms with Crippen LogP contribution in [-0.2, 0) is 12.8 Å². The Bertz CT molecular complexity index is 856. The van der Waals surface area contributed by atoms with Crippen LogP contribution in [0.1, 0.15) is 11.1 Å². The Hall–Kier alpha value is -2.82. The van der Waals surface area contributed by atoms with Crippen molar-refractivity contribution in [2.75, 3.05) is 14.2 Å². The monoisotopic (exact) mass is 307 g/mol. The van der Waals surface area contributed by atoms with Crippen molar-refractivity contribution < 1.29 is 9.47 Å². The lowest BCUT2D eigenvalue weighted by atomic mass is 9.87. The molecule has 0 amide bonds. The Morgan fingerprint density at radius 3 is 2.48 bits per heavy atom. The number of aromatic nitrogens is 3. The largest absolute Gasteiger partial charge is 0.493 e. The highest BCUT2D eigenvalue weighted by atomic mass is 16.5. The van der Waals surface area contributed by atoms with Gasteiger partial charge >= 0.3 is 0 Å². The molecule has 1 N–H and O–H groups in total. The summed E-state index contributed by atoms with van der Waals surface area (Å²) in [4.78, 5) is 4.08. The summed E-state index contributed by atoms with van der Waals surface area (Å²) in [5, 5.41) is 7.74. The molecule has 0 spiro atoms. The van der Waals surface area contributed by atoms with Crippen molar-refractivity contribution in [3.63, 3.8) is 0 Å². The van der Waals surface area contributed by atoms with Crippen LogP contribution in [0, 0.1) is 0 Å². The first kappa shape index (κ1) is 13.8. The van der Waals surface area contributed by atoms with E-state index in [4.69, 9.17) is 9.47 Å². The molecule has 0 atom stereocenters. The SMILES string of the molecule is COc1cc2c(cc1OC)-c1[nH]nc(-c3ccncc3)c1CC2. The molecule has 0 saturated heterocycles. The highest BCUT2D eigenvalue weighted by Gasteiger charge is 2.24. The average Bonchev–Trinajstić information content (AvgIpc) is 3.05. The Morgan fingerprint density at radius 2 is 1.74 bits per heavy atom. The van der Waals surface area contributed by atoms with E-state index in [2.05, 4.69) is 21.2 Å². The molecular formula is C18H17N3O2.